The van der Waals surface area contributed by atoms with Gasteiger partial charge in [-0.05, 0) is 6.07 Å². The number of morpholine rings is 1. The minimum Gasteiger partial charge on any atom is -0.375 e. The standard InChI is InChI=1S/C10H11F2NO/c11-9-4-2-1-3-8(9)10(12)7-14-6-5-13-10/h1-4,13H,5-7H2. The Labute approximate surface area is 80.9 Å². The monoisotopic (exact) mass is 199 g/mol. The quantitative estimate of drug-likeness (QED) is 0.693. The molecule has 0 radical (unpaired) electrons. The number of alkyl halides is 1. The Morgan fingerprint density at radius 1 is 1.36 bits per heavy atom. The molecule has 1 aromatic rings. The minimum absolute atomic E-state index is 0.0136. The summed E-state index contributed by atoms with van der Waals surface area (Å²) in [4.78, 5) is 0. The molecule has 0 spiro atoms. The molecule has 0 bridgehead atoms. The summed E-state index contributed by atoms with van der Waals surface area (Å²) in [5.74, 6) is -2.43. The summed E-state index contributed by atoms with van der Waals surface area (Å²) in [6.45, 7) is 0.707. The van der Waals surface area contributed by atoms with Crippen molar-refractivity contribution in [2.75, 3.05) is 19.8 Å². The van der Waals surface area contributed by atoms with Crippen LogP contribution in [0.5, 0.6) is 0 Å². The molecule has 1 unspecified atom stereocenters. The van der Waals surface area contributed by atoms with Crippen LogP contribution in [0.25, 0.3) is 0 Å². The zero-order valence-corrected chi connectivity index (χ0v) is 7.59. The van der Waals surface area contributed by atoms with Crippen molar-refractivity contribution in [2.24, 2.45) is 0 Å². The molecule has 76 valence electrons. The number of halogens is 2. The highest BCUT2D eigenvalue weighted by Crippen LogP contribution is 2.27. The summed E-state index contributed by atoms with van der Waals surface area (Å²) < 4.78 is 32.4. The van der Waals surface area contributed by atoms with Gasteiger partial charge in [-0.3, -0.25) is 5.32 Å². The fourth-order valence-electron chi connectivity index (χ4n) is 1.54. The Bertz CT molecular complexity index is 324. The van der Waals surface area contributed by atoms with Gasteiger partial charge in [-0.25, -0.2) is 8.78 Å². The van der Waals surface area contributed by atoms with Crippen LogP contribution >= 0.6 is 0 Å². The van der Waals surface area contributed by atoms with Crippen LogP contribution < -0.4 is 5.32 Å². The Morgan fingerprint density at radius 2 is 2.14 bits per heavy atom. The van der Waals surface area contributed by atoms with Crippen LogP contribution in [0.1, 0.15) is 5.56 Å². The van der Waals surface area contributed by atoms with E-state index in [1.807, 2.05) is 0 Å². The van der Waals surface area contributed by atoms with Crippen LogP contribution in [-0.2, 0) is 10.5 Å². The molecule has 1 saturated heterocycles. The number of hydrogen-bond acceptors (Lipinski definition) is 2. The van der Waals surface area contributed by atoms with Gasteiger partial charge < -0.3 is 4.74 Å². The second kappa shape index (κ2) is 3.63. The van der Waals surface area contributed by atoms with Crippen LogP contribution in [0.3, 0.4) is 0 Å². The summed E-state index contributed by atoms with van der Waals surface area (Å²) in [5.41, 5.74) is 0.0136. The maximum atomic E-state index is 14.1. The van der Waals surface area contributed by atoms with Crippen molar-refractivity contribution in [2.45, 2.75) is 5.79 Å². The first-order valence-corrected chi connectivity index (χ1v) is 4.49. The molecular weight excluding hydrogens is 188 g/mol. The molecule has 2 nitrogen and oxygen atoms in total. The van der Waals surface area contributed by atoms with Crippen LogP contribution in [0.2, 0.25) is 0 Å². The second-order valence-electron chi connectivity index (χ2n) is 3.26. The third-order valence-corrected chi connectivity index (χ3v) is 2.25. The predicted octanol–water partition coefficient (Wildman–Crippen LogP) is 1.57. The van der Waals surface area contributed by atoms with E-state index < -0.39 is 11.6 Å². The number of benzene rings is 1. The van der Waals surface area contributed by atoms with Gasteiger partial charge in [0.15, 0.2) is 0 Å². The van der Waals surface area contributed by atoms with Crippen LogP contribution in [0.4, 0.5) is 8.78 Å². The Hall–Kier alpha value is -1.00. The molecule has 1 fully saturated rings. The molecule has 1 atom stereocenters. The van der Waals surface area contributed by atoms with Crippen molar-refractivity contribution in [3.05, 3.63) is 35.6 Å². The molecule has 0 saturated carbocycles. The van der Waals surface area contributed by atoms with Gasteiger partial charge in [-0.15, -0.1) is 0 Å². The van der Waals surface area contributed by atoms with Crippen molar-refractivity contribution >= 4 is 0 Å². The zero-order chi connectivity index (χ0) is 10.0. The molecule has 1 heterocycles. The number of hydrogen-bond donors (Lipinski definition) is 1. The normalized spacial score (nSPS) is 27.6. The summed E-state index contributed by atoms with van der Waals surface area (Å²) in [6.07, 6.45) is 0. The van der Waals surface area contributed by atoms with Gasteiger partial charge in [-0.1, -0.05) is 18.2 Å². The maximum absolute atomic E-state index is 14.1. The first-order chi connectivity index (χ1) is 6.72. The SMILES string of the molecule is Fc1ccccc1C1(F)COCCN1. The Balaban J connectivity index is 2.32. The van der Waals surface area contributed by atoms with Crippen LogP contribution in [0, 0.1) is 5.82 Å². The highest BCUT2D eigenvalue weighted by atomic mass is 19.2. The average molecular weight is 199 g/mol. The van der Waals surface area contributed by atoms with Crippen molar-refractivity contribution in [3.63, 3.8) is 0 Å². The van der Waals surface area contributed by atoms with E-state index in [0.29, 0.717) is 13.2 Å². The Morgan fingerprint density at radius 3 is 2.79 bits per heavy atom. The summed E-state index contributed by atoms with van der Waals surface area (Å²) >= 11 is 0. The molecule has 4 heteroatoms. The van der Waals surface area contributed by atoms with E-state index in [4.69, 9.17) is 4.74 Å². The number of nitrogens with one attached hydrogen (secondary N) is 1. The lowest BCUT2D eigenvalue weighted by atomic mass is 10.0. The molecule has 1 aromatic carbocycles. The van der Waals surface area contributed by atoms with E-state index >= 15 is 0 Å². The van der Waals surface area contributed by atoms with Crippen molar-refractivity contribution < 1.29 is 13.5 Å². The van der Waals surface area contributed by atoms with E-state index in [-0.39, 0.29) is 12.2 Å². The fourth-order valence-corrected chi connectivity index (χ4v) is 1.54. The topological polar surface area (TPSA) is 21.3 Å². The Kier molecular flexibility index (Phi) is 2.48. The van der Waals surface area contributed by atoms with Crippen molar-refractivity contribution in [3.8, 4) is 0 Å². The molecular formula is C10H11F2NO. The average Bonchev–Trinajstić information content (AvgIpc) is 2.19. The van der Waals surface area contributed by atoms with Gasteiger partial charge >= 0.3 is 0 Å². The molecule has 1 aliphatic rings. The first-order valence-electron chi connectivity index (χ1n) is 4.49. The zero-order valence-electron chi connectivity index (χ0n) is 7.59. The number of ether oxygens (including phenoxy) is 1. The fraction of sp³-hybridized carbons (Fsp3) is 0.400. The third kappa shape index (κ3) is 1.63. The smallest absolute Gasteiger partial charge is 0.213 e. The summed E-state index contributed by atoms with van der Waals surface area (Å²) in [5, 5.41) is 2.62. The largest absolute Gasteiger partial charge is 0.375 e. The van der Waals surface area contributed by atoms with Crippen LogP contribution in [0.15, 0.2) is 24.3 Å². The van der Waals surface area contributed by atoms with E-state index in [0.717, 1.165) is 0 Å². The highest BCUT2D eigenvalue weighted by Gasteiger charge is 2.36. The van der Waals surface area contributed by atoms with E-state index in [1.165, 1.54) is 18.2 Å². The van der Waals surface area contributed by atoms with E-state index in [9.17, 15) is 8.78 Å². The molecule has 2 rings (SSSR count). The van der Waals surface area contributed by atoms with E-state index in [1.54, 1.807) is 6.07 Å². The second-order valence-corrected chi connectivity index (χ2v) is 3.26. The van der Waals surface area contributed by atoms with Gasteiger partial charge in [0.1, 0.15) is 5.82 Å². The summed E-state index contributed by atoms with van der Waals surface area (Å²) in [7, 11) is 0. The lowest BCUT2D eigenvalue weighted by Gasteiger charge is -2.31. The predicted molar refractivity (Wildman–Crippen MR) is 48.0 cm³/mol. The highest BCUT2D eigenvalue weighted by molar-refractivity contribution is 5.24. The van der Waals surface area contributed by atoms with Gasteiger partial charge in [0.25, 0.3) is 0 Å². The van der Waals surface area contributed by atoms with Crippen LogP contribution in [-0.4, -0.2) is 19.8 Å². The van der Waals surface area contributed by atoms with Crippen molar-refractivity contribution in [1.29, 1.82) is 0 Å². The third-order valence-electron chi connectivity index (χ3n) is 2.25. The number of rotatable bonds is 1. The lowest BCUT2D eigenvalue weighted by molar-refractivity contribution is -0.0505. The van der Waals surface area contributed by atoms with Gasteiger partial charge in [0, 0.05) is 12.1 Å². The molecule has 1 aliphatic heterocycles. The molecule has 0 aromatic heterocycles. The molecule has 0 aliphatic carbocycles. The van der Waals surface area contributed by atoms with Gasteiger partial charge in [-0.2, -0.15) is 0 Å². The van der Waals surface area contributed by atoms with Gasteiger partial charge in [0.05, 0.1) is 13.2 Å². The van der Waals surface area contributed by atoms with Crippen molar-refractivity contribution in [1.82, 2.24) is 5.32 Å². The molecule has 14 heavy (non-hydrogen) atoms. The molecule has 0 amide bonds. The first kappa shape index (κ1) is 9.55. The molecule has 1 N–H and O–H groups in total. The lowest BCUT2D eigenvalue weighted by Crippen LogP contribution is -2.48. The van der Waals surface area contributed by atoms with Gasteiger partial charge in [0.2, 0.25) is 5.79 Å². The minimum atomic E-state index is -1.89. The van der Waals surface area contributed by atoms with E-state index in [2.05, 4.69) is 5.32 Å². The summed E-state index contributed by atoms with van der Waals surface area (Å²) in [6, 6.07) is 5.81. The maximum Gasteiger partial charge on any atom is 0.213 e.